The molecule has 1 rings (SSSR count). The molecule has 0 atom stereocenters. The first-order chi connectivity index (χ1) is 9.61. The first-order valence-corrected chi connectivity index (χ1v) is 7.96. The Hall–Kier alpha value is -0.0800. The van der Waals surface area contributed by atoms with Crippen molar-refractivity contribution in [2.24, 2.45) is 4.99 Å². The van der Waals surface area contributed by atoms with E-state index in [2.05, 4.69) is 22.5 Å². The van der Waals surface area contributed by atoms with Crippen molar-refractivity contribution in [2.75, 3.05) is 19.7 Å². The summed E-state index contributed by atoms with van der Waals surface area (Å²) in [6.07, 6.45) is 4.93. The Bertz CT molecular complexity index is 280. The molecule has 0 radical (unpaired) electrons. The van der Waals surface area contributed by atoms with Gasteiger partial charge in [-0.2, -0.15) is 0 Å². The molecule has 0 aromatic carbocycles. The van der Waals surface area contributed by atoms with Crippen LogP contribution in [0.15, 0.2) is 4.99 Å². The highest BCUT2D eigenvalue weighted by molar-refractivity contribution is 14.0. The number of aliphatic imine (C=N–C) groups is 1. The molecule has 126 valence electrons. The summed E-state index contributed by atoms with van der Waals surface area (Å²) >= 11 is 0. The highest BCUT2D eigenvalue weighted by Gasteiger charge is 2.19. The van der Waals surface area contributed by atoms with E-state index in [0.29, 0.717) is 12.1 Å². The van der Waals surface area contributed by atoms with Crippen LogP contribution in [0.3, 0.4) is 0 Å². The van der Waals surface area contributed by atoms with E-state index in [-0.39, 0.29) is 30.1 Å². The topological polar surface area (TPSA) is 65.9 Å². The van der Waals surface area contributed by atoms with E-state index in [1.807, 2.05) is 13.8 Å². The summed E-state index contributed by atoms with van der Waals surface area (Å²) in [4.78, 5) is 4.58. The maximum absolute atomic E-state index is 9.52. The number of hydrogen-bond donors (Lipinski definition) is 3. The smallest absolute Gasteiger partial charge is 0.191 e. The van der Waals surface area contributed by atoms with Gasteiger partial charge in [0.15, 0.2) is 5.96 Å². The third kappa shape index (κ3) is 10.3. The third-order valence-electron chi connectivity index (χ3n) is 3.41. The summed E-state index contributed by atoms with van der Waals surface area (Å²) < 4.78 is 5.51. The van der Waals surface area contributed by atoms with Crippen LogP contribution in [-0.4, -0.2) is 49.0 Å². The van der Waals surface area contributed by atoms with E-state index in [1.165, 1.54) is 0 Å². The number of halogens is 1. The lowest BCUT2D eigenvalue weighted by Crippen LogP contribution is -2.45. The zero-order valence-corrected chi connectivity index (χ0v) is 15.9. The molecule has 0 heterocycles. The molecule has 0 saturated heterocycles. The van der Waals surface area contributed by atoms with Gasteiger partial charge in [-0.05, 0) is 52.9 Å². The zero-order chi connectivity index (χ0) is 14.8. The van der Waals surface area contributed by atoms with Crippen molar-refractivity contribution in [1.82, 2.24) is 10.6 Å². The van der Waals surface area contributed by atoms with Crippen molar-refractivity contribution >= 4 is 29.9 Å². The minimum atomic E-state index is -0.110. The lowest BCUT2D eigenvalue weighted by Gasteiger charge is -2.27. The monoisotopic (exact) mass is 413 g/mol. The van der Waals surface area contributed by atoms with Gasteiger partial charge in [-0.25, -0.2) is 0 Å². The van der Waals surface area contributed by atoms with Gasteiger partial charge in [-0.3, -0.25) is 4.99 Å². The van der Waals surface area contributed by atoms with Crippen molar-refractivity contribution < 1.29 is 9.84 Å². The molecule has 21 heavy (non-hydrogen) atoms. The number of hydrogen-bond acceptors (Lipinski definition) is 3. The van der Waals surface area contributed by atoms with Gasteiger partial charge in [-0.15, -0.1) is 24.0 Å². The van der Waals surface area contributed by atoms with E-state index in [4.69, 9.17) is 4.74 Å². The zero-order valence-electron chi connectivity index (χ0n) is 13.6. The standard InChI is InChI=1S/C15H31N3O2.HI/c1-4-16-15(17-10-5-11-20-12(2)3)18-13-6-8-14(19)9-7-13;/h12-14,19H,4-11H2,1-3H3,(H2,16,17,18);1H. The minimum absolute atomic E-state index is 0. The second kappa shape index (κ2) is 12.5. The fraction of sp³-hybridized carbons (Fsp3) is 0.933. The Morgan fingerprint density at radius 3 is 2.52 bits per heavy atom. The quantitative estimate of drug-likeness (QED) is 0.259. The van der Waals surface area contributed by atoms with Crippen molar-refractivity contribution in [3.63, 3.8) is 0 Å². The van der Waals surface area contributed by atoms with Crippen LogP contribution in [0.25, 0.3) is 0 Å². The molecular formula is C15H32IN3O2. The molecule has 5 nitrogen and oxygen atoms in total. The number of rotatable bonds is 7. The average Bonchev–Trinajstić information content (AvgIpc) is 2.40. The Kier molecular flexibility index (Phi) is 12.4. The predicted octanol–water partition coefficient (Wildman–Crippen LogP) is 2.28. The molecule has 1 aliphatic rings. The van der Waals surface area contributed by atoms with Crippen molar-refractivity contribution in [3.8, 4) is 0 Å². The Morgan fingerprint density at radius 2 is 1.95 bits per heavy atom. The van der Waals surface area contributed by atoms with E-state index in [1.54, 1.807) is 0 Å². The van der Waals surface area contributed by atoms with Gasteiger partial charge < -0.3 is 20.5 Å². The molecule has 0 aromatic heterocycles. The highest BCUT2D eigenvalue weighted by Crippen LogP contribution is 2.18. The van der Waals surface area contributed by atoms with Crippen molar-refractivity contribution in [3.05, 3.63) is 0 Å². The lowest BCUT2D eigenvalue weighted by molar-refractivity contribution is 0.0782. The van der Waals surface area contributed by atoms with Gasteiger partial charge in [-0.1, -0.05) is 0 Å². The SMILES string of the molecule is CCNC(=NCCCOC(C)C)NC1CCC(O)CC1.I. The number of guanidine groups is 1. The van der Waals surface area contributed by atoms with Crippen LogP contribution in [-0.2, 0) is 4.74 Å². The van der Waals surface area contributed by atoms with Gasteiger partial charge in [0.1, 0.15) is 0 Å². The molecule has 3 N–H and O–H groups in total. The highest BCUT2D eigenvalue weighted by atomic mass is 127. The maximum Gasteiger partial charge on any atom is 0.191 e. The van der Waals surface area contributed by atoms with Gasteiger partial charge in [0.05, 0.1) is 12.2 Å². The second-order valence-electron chi connectivity index (χ2n) is 5.68. The molecule has 0 aliphatic heterocycles. The molecule has 0 aromatic rings. The summed E-state index contributed by atoms with van der Waals surface area (Å²) in [6, 6.07) is 0.433. The average molecular weight is 413 g/mol. The number of aliphatic hydroxyl groups excluding tert-OH is 1. The lowest BCUT2D eigenvalue weighted by atomic mass is 9.93. The summed E-state index contributed by atoms with van der Waals surface area (Å²) in [7, 11) is 0. The van der Waals surface area contributed by atoms with Crippen LogP contribution in [0, 0.1) is 0 Å². The Morgan fingerprint density at radius 1 is 1.29 bits per heavy atom. The summed E-state index contributed by atoms with van der Waals surface area (Å²) in [5.74, 6) is 0.887. The number of aliphatic hydroxyl groups is 1. The van der Waals surface area contributed by atoms with Crippen molar-refractivity contribution in [1.29, 1.82) is 0 Å². The van der Waals surface area contributed by atoms with Crippen LogP contribution in [0.1, 0.15) is 52.9 Å². The fourth-order valence-corrected chi connectivity index (χ4v) is 2.31. The molecule has 1 saturated carbocycles. The summed E-state index contributed by atoms with van der Waals surface area (Å²) in [5, 5.41) is 16.3. The largest absolute Gasteiger partial charge is 0.393 e. The van der Waals surface area contributed by atoms with Gasteiger partial charge in [0.2, 0.25) is 0 Å². The van der Waals surface area contributed by atoms with Crippen LogP contribution in [0.4, 0.5) is 0 Å². The van der Waals surface area contributed by atoms with Crippen LogP contribution < -0.4 is 10.6 Å². The number of nitrogens with one attached hydrogen (secondary N) is 2. The molecule has 0 spiro atoms. The van der Waals surface area contributed by atoms with Gasteiger partial charge >= 0.3 is 0 Å². The van der Waals surface area contributed by atoms with E-state index < -0.39 is 0 Å². The van der Waals surface area contributed by atoms with E-state index >= 15 is 0 Å². The summed E-state index contributed by atoms with van der Waals surface area (Å²) in [6.45, 7) is 8.57. The number of nitrogens with zero attached hydrogens (tertiary/aromatic N) is 1. The first-order valence-electron chi connectivity index (χ1n) is 7.96. The third-order valence-corrected chi connectivity index (χ3v) is 3.41. The van der Waals surface area contributed by atoms with Crippen LogP contribution >= 0.6 is 24.0 Å². The molecule has 0 bridgehead atoms. The second-order valence-corrected chi connectivity index (χ2v) is 5.68. The van der Waals surface area contributed by atoms with Crippen LogP contribution in [0.2, 0.25) is 0 Å². The molecular weight excluding hydrogens is 381 g/mol. The Balaban J connectivity index is 0.00000400. The molecule has 1 fully saturated rings. The van der Waals surface area contributed by atoms with Crippen LogP contribution in [0.5, 0.6) is 0 Å². The molecule has 6 heteroatoms. The first kappa shape index (κ1) is 20.9. The van der Waals surface area contributed by atoms with Gasteiger partial charge in [0.25, 0.3) is 0 Å². The van der Waals surface area contributed by atoms with Gasteiger partial charge in [0, 0.05) is 25.7 Å². The predicted molar refractivity (Wildman–Crippen MR) is 98.5 cm³/mol. The molecule has 0 amide bonds. The summed E-state index contributed by atoms with van der Waals surface area (Å²) in [5.41, 5.74) is 0. The van der Waals surface area contributed by atoms with E-state index in [0.717, 1.165) is 57.8 Å². The van der Waals surface area contributed by atoms with E-state index in [9.17, 15) is 5.11 Å². The fourth-order valence-electron chi connectivity index (χ4n) is 2.31. The minimum Gasteiger partial charge on any atom is -0.393 e. The molecule has 0 unspecified atom stereocenters. The Labute approximate surface area is 146 Å². The van der Waals surface area contributed by atoms with Crippen molar-refractivity contribution in [2.45, 2.75) is 71.1 Å². The maximum atomic E-state index is 9.52. The number of ether oxygens (including phenoxy) is 1. The normalized spacial score (nSPS) is 22.8. The molecule has 1 aliphatic carbocycles.